The van der Waals surface area contributed by atoms with E-state index >= 15 is 0 Å². The van der Waals surface area contributed by atoms with Gasteiger partial charge in [-0.05, 0) is 37.5 Å². The molecule has 0 heterocycles. The Morgan fingerprint density at radius 1 is 1.25 bits per heavy atom. The predicted molar refractivity (Wildman–Crippen MR) is 52.2 cm³/mol. The second-order valence-corrected chi connectivity index (χ2v) is 4.31. The molecule has 0 aliphatic heterocycles. The highest BCUT2D eigenvalue weighted by molar-refractivity contribution is 5.79. The summed E-state index contributed by atoms with van der Waals surface area (Å²) in [5.74, 6) is 2.47. The van der Waals surface area contributed by atoms with Crippen LogP contribution in [0.1, 0.15) is 39.5 Å². The number of nitrogens with two attached hydrogens (primary N) is 1. The Morgan fingerprint density at radius 3 is 2.08 bits per heavy atom. The molecule has 1 aliphatic carbocycles. The van der Waals surface area contributed by atoms with Crippen LogP contribution in [0.15, 0.2) is 0 Å². The van der Waals surface area contributed by atoms with Crippen LogP contribution in [0.3, 0.4) is 0 Å². The Balaban J connectivity index is 2.34. The minimum Gasteiger partial charge on any atom is -0.387 e. The van der Waals surface area contributed by atoms with Crippen molar-refractivity contribution in [1.82, 2.24) is 0 Å². The predicted octanol–water partition coefficient (Wildman–Crippen LogP) is 2.38. The first kappa shape index (κ1) is 9.56. The first-order valence-corrected chi connectivity index (χ1v) is 4.95. The zero-order valence-electron chi connectivity index (χ0n) is 8.14. The van der Waals surface area contributed by atoms with Gasteiger partial charge in [-0.25, -0.2) is 0 Å². The van der Waals surface area contributed by atoms with E-state index in [1.54, 1.807) is 0 Å². The van der Waals surface area contributed by atoms with Crippen molar-refractivity contribution in [3.63, 3.8) is 0 Å². The molecule has 12 heavy (non-hydrogen) atoms. The molecule has 1 fully saturated rings. The molecule has 70 valence electrons. The van der Waals surface area contributed by atoms with Gasteiger partial charge in [-0.1, -0.05) is 13.8 Å². The van der Waals surface area contributed by atoms with E-state index in [-0.39, 0.29) is 0 Å². The summed E-state index contributed by atoms with van der Waals surface area (Å²) in [5.41, 5.74) is 5.47. The Labute approximate surface area is 75.0 Å². The third-order valence-corrected chi connectivity index (χ3v) is 3.15. The lowest BCUT2D eigenvalue weighted by atomic mass is 9.77. The molecule has 0 amide bonds. The second kappa shape index (κ2) is 3.92. The van der Waals surface area contributed by atoms with Crippen molar-refractivity contribution in [2.24, 2.45) is 23.5 Å². The van der Waals surface area contributed by atoms with Gasteiger partial charge in [-0.2, -0.15) is 0 Å². The molecule has 3 N–H and O–H groups in total. The summed E-state index contributed by atoms with van der Waals surface area (Å²) in [6.45, 7) is 4.58. The number of hydrogen-bond donors (Lipinski definition) is 2. The highest BCUT2D eigenvalue weighted by Gasteiger charge is 2.24. The van der Waals surface area contributed by atoms with Crippen molar-refractivity contribution in [1.29, 1.82) is 5.41 Å². The molecule has 0 aromatic rings. The van der Waals surface area contributed by atoms with E-state index < -0.39 is 0 Å². The topological polar surface area (TPSA) is 49.9 Å². The Morgan fingerprint density at radius 2 is 1.75 bits per heavy atom. The molecule has 0 atom stereocenters. The first-order chi connectivity index (χ1) is 5.61. The monoisotopic (exact) mass is 168 g/mol. The molecule has 0 saturated heterocycles. The third-order valence-electron chi connectivity index (χ3n) is 3.15. The fourth-order valence-corrected chi connectivity index (χ4v) is 2.10. The van der Waals surface area contributed by atoms with Crippen molar-refractivity contribution < 1.29 is 0 Å². The summed E-state index contributed by atoms with van der Waals surface area (Å²) in [7, 11) is 0. The molecule has 0 bridgehead atoms. The van der Waals surface area contributed by atoms with E-state index in [1.165, 1.54) is 12.8 Å². The van der Waals surface area contributed by atoms with E-state index in [9.17, 15) is 0 Å². The Hall–Kier alpha value is -0.530. The summed E-state index contributed by atoms with van der Waals surface area (Å²) in [6.07, 6.45) is 4.81. The quantitative estimate of drug-likeness (QED) is 0.482. The van der Waals surface area contributed by atoms with Crippen LogP contribution in [0.5, 0.6) is 0 Å². The molecule has 1 aliphatic rings. The average Bonchev–Trinajstić information content (AvgIpc) is 2.04. The lowest BCUT2D eigenvalue weighted by molar-refractivity contribution is 0.255. The molecule has 0 spiro atoms. The molecular formula is C10H20N2. The van der Waals surface area contributed by atoms with E-state index in [1.807, 2.05) is 0 Å². The van der Waals surface area contributed by atoms with Gasteiger partial charge in [0, 0.05) is 5.92 Å². The van der Waals surface area contributed by atoms with Crippen LogP contribution in [-0.2, 0) is 0 Å². The van der Waals surface area contributed by atoms with Gasteiger partial charge in [0.1, 0.15) is 0 Å². The van der Waals surface area contributed by atoms with Gasteiger partial charge in [0.2, 0.25) is 0 Å². The molecule has 1 rings (SSSR count). The molecule has 0 aromatic carbocycles. The fraction of sp³-hybridized carbons (Fsp3) is 0.900. The molecule has 0 unspecified atom stereocenters. The van der Waals surface area contributed by atoms with Crippen LogP contribution in [0.4, 0.5) is 0 Å². The minimum absolute atomic E-state index is 0.389. The zero-order valence-corrected chi connectivity index (χ0v) is 8.14. The molecule has 0 radical (unpaired) electrons. The molecule has 2 heteroatoms. The summed E-state index contributed by atoms with van der Waals surface area (Å²) in [5, 5.41) is 7.34. The Kier molecular flexibility index (Phi) is 3.12. The third kappa shape index (κ3) is 2.23. The normalized spacial score (nSPS) is 30.6. The second-order valence-electron chi connectivity index (χ2n) is 4.31. The van der Waals surface area contributed by atoms with Gasteiger partial charge in [-0.15, -0.1) is 0 Å². The van der Waals surface area contributed by atoms with Crippen LogP contribution in [0.25, 0.3) is 0 Å². The van der Waals surface area contributed by atoms with Gasteiger partial charge >= 0.3 is 0 Å². The average molecular weight is 168 g/mol. The fourth-order valence-electron chi connectivity index (χ4n) is 2.10. The lowest BCUT2D eigenvalue weighted by Crippen LogP contribution is -2.28. The van der Waals surface area contributed by atoms with Gasteiger partial charge in [0.15, 0.2) is 0 Å². The van der Waals surface area contributed by atoms with Crippen LogP contribution in [0.2, 0.25) is 0 Å². The number of rotatable bonds is 2. The summed E-state index contributed by atoms with van der Waals surface area (Å²) < 4.78 is 0. The maximum absolute atomic E-state index is 7.34. The van der Waals surface area contributed by atoms with E-state index in [4.69, 9.17) is 11.1 Å². The number of amidine groups is 1. The summed E-state index contributed by atoms with van der Waals surface area (Å²) in [4.78, 5) is 0. The minimum atomic E-state index is 0.389. The molecule has 0 aromatic heterocycles. The van der Waals surface area contributed by atoms with Gasteiger partial charge < -0.3 is 5.73 Å². The van der Waals surface area contributed by atoms with E-state index in [0.29, 0.717) is 11.8 Å². The number of nitrogens with one attached hydrogen (secondary N) is 1. The van der Waals surface area contributed by atoms with Gasteiger partial charge in [-0.3, -0.25) is 5.41 Å². The van der Waals surface area contributed by atoms with Crippen molar-refractivity contribution in [3.05, 3.63) is 0 Å². The van der Waals surface area contributed by atoms with Gasteiger partial charge in [0.25, 0.3) is 0 Å². The maximum Gasteiger partial charge on any atom is 0.0936 e. The van der Waals surface area contributed by atoms with Crippen molar-refractivity contribution in [2.45, 2.75) is 39.5 Å². The lowest BCUT2D eigenvalue weighted by Gasteiger charge is -2.30. The van der Waals surface area contributed by atoms with E-state index in [0.717, 1.165) is 24.7 Å². The molecule has 1 saturated carbocycles. The zero-order chi connectivity index (χ0) is 9.14. The largest absolute Gasteiger partial charge is 0.387 e. The van der Waals surface area contributed by atoms with Gasteiger partial charge in [0.05, 0.1) is 5.84 Å². The smallest absolute Gasteiger partial charge is 0.0936 e. The molecule has 2 nitrogen and oxygen atoms in total. The van der Waals surface area contributed by atoms with Crippen LogP contribution >= 0.6 is 0 Å². The molecular weight excluding hydrogens is 148 g/mol. The Bertz CT molecular complexity index is 155. The SMILES string of the molecule is CC(C)C1CCC(C(=N)N)CC1. The highest BCUT2D eigenvalue weighted by atomic mass is 14.7. The first-order valence-electron chi connectivity index (χ1n) is 4.95. The van der Waals surface area contributed by atoms with Crippen molar-refractivity contribution in [2.75, 3.05) is 0 Å². The standard InChI is InChI=1S/C10H20N2/c1-7(2)8-3-5-9(6-4-8)10(11)12/h7-9H,3-6H2,1-2H3,(H3,11,12). The van der Waals surface area contributed by atoms with E-state index in [2.05, 4.69) is 13.8 Å². The number of hydrogen-bond acceptors (Lipinski definition) is 1. The maximum atomic E-state index is 7.34. The van der Waals surface area contributed by atoms with Crippen LogP contribution < -0.4 is 5.73 Å². The summed E-state index contributed by atoms with van der Waals surface area (Å²) >= 11 is 0. The van der Waals surface area contributed by atoms with Crippen LogP contribution in [-0.4, -0.2) is 5.84 Å². The van der Waals surface area contributed by atoms with Crippen molar-refractivity contribution in [3.8, 4) is 0 Å². The van der Waals surface area contributed by atoms with Crippen LogP contribution in [0, 0.1) is 23.2 Å². The van der Waals surface area contributed by atoms with Crippen molar-refractivity contribution >= 4 is 5.84 Å². The highest BCUT2D eigenvalue weighted by Crippen LogP contribution is 2.32. The summed E-state index contributed by atoms with van der Waals surface area (Å²) in [6, 6.07) is 0.